The third-order valence-corrected chi connectivity index (χ3v) is 3.51. The lowest BCUT2D eigenvalue weighted by Crippen LogP contribution is -2.40. The van der Waals surface area contributed by atoms with Crippen LogP contribution < -0.4 is 4.90 Å². The van der Waals surface area contributed by atoms with E-state index in [2.05, 4.69) is 23.7 Å². The van der Waals surface area contributed by atoms with Crippen molar-refractivity contribution >= 4 is 5.69 Å². The lowest BCUT2D eigenvalue weighted by molar-refractivity contribution is 0.281. The molecule has 1 N–H and O–H groups in total. The molecule has 2 rings (SSSR count). The van der Waals surface area contributed by atoms with Crippen LogP contribution in [-0.4, -0.2) is 22.7 Å². The number of aromatic nitrogens is 1. The number of nitrogens with zero attached hydrogens (tertiary/aromatic N) is 2. The summed E-state index contributed by atoms with van der Waals surface area (Å²) in [5.41, 5.74) is 2.08. The zero-order valence-electron chi connectivity index (χ0n) is 10.1. The van der Waals surface area contributed by atoms with E-state index < -0.39 is 0 Å². The van der Waals surface area contributed by atoms with Crippen molar-refractivity contribution in [1.29, 1.82) is 0 Å². The highest BCUT2D eigenvalue weighted by atomic mass is 16.3. The maximum atomic E-state index is 9.33. The van der Waals surface area contributed by atoms with Crippen LogP contribution in [0.4, 0.5) is 5.69 Å². The molecule has 1 fully saturated rings. The van der Waals surface area contributed by atoms with Gasteiger partial charge in [-0.05, 0) is 31.7 Å². The van der Waals surface area contributed by atoms with E-state index in [1.54, 1.807) is 6.20 Å². The highest BCUT2D eigenvalue weighted by molar-refractivity contribution is 5.52. The third-order valence-electron chi connectivity index (χ3n) is 3.51. The number of piperidine rings is 1. The lowest BCUT2D eigenvalue weighted by atomic mass is 9.92. The van der Waals surface area contributed by atoms with Crippen LogP contribution >= 0.6 is 0 Å². The van der Waals surface area contributed by atoms with Gasteiger partial charge in [0.2, 0.25) is 0 Å². The minimum atomic E-state index is 0.0939. The Morgan fingerprint density at radius 1 is 1.50 bits per heavy atom. The molecule has 0 radical (unpaired) electrons. The molecule has 16 heavy (non-hydrogen) atoms. The summed E-state index contributed by atoms with van der Waals surface area (Å²) in [6.45, 7) is 5.73. The standard InChI is InChI=1S/C13H20N2O/c1-10-4-6-15(11(2)7-10)13-8-14-5-3-12(13)9-16/h3,5,8,10-11,16H,4,6-7,9H2,1-2H3. The van der Waals surface area contributed by atoms with E-state index in [-0.39, 0.29) is 6.61 Å². The molecule has 0 saturated carbocycles. The number of aliphatic hydroxyl groups excluding tert-OH is 1. The Labute approximate surface area is 97.1 Å². The van der Waals surface area contributed by atoms with E-state index in [1.807, 2.05) is 12.3 Å². The molecule has 1 aromatic rings. The maximum absolute atomic E-state index is 9.33. The predicted molar refractivity (Wildman–Crippen MR) is 65.4 cm³/mol. The Morgan fingerprint density at radius 2 is 2.31 bits per heavy atom. The van der Waals surface area contributed by atoms with Crippen molar-refractivity contribution < 1.29 is 5.11 Å². The molecule has 0 amide bonds. The first kappa shape index (κ1) is 11.4. The molecule has 3 nitrogen and oxygen atoms in total. The normalized spacial score (nSPS) is 25.8. The second kappa shape index (κ2) is 4.83. The van der Waals surface area contributed by atoms with Gasteiger partial charge >= 0.3 is 0 Å². The fourth-order valence-corrected chi connectivity index (χ4v) is 2.57. The zero-order valence-corrected chi connectivity index (χ0v) is 10.1. The first-order valence-electron chi connectivity index (χ1n) is 6.02. The number of rotatable bonds is 2. The molecule has 1 aliphatic rings. The van der Waals surface area contributed by atoms with Crippen LogP contribution in [0.3, 0.4) is 0 Å². The van der Waals surface area contributed by atoms with Crippen LogP contribution in [0.25, 0.3) is 0 Å². The van der Waals surface area contributed by atoms with E-state index >= 15 is 0 Å². The summed E-state index contributed by atoms with van der Waals surface area (Å²) in [6.07, 6.45) is 6.06. The van der Waals surface area contributed by atoms with Crippen molar-refractivity contribution in [2.75, 3.05) is 11.4 Å². The molecule has 1 aromatic heterocycles. The quantitative estimate of drug-likeness (QED) is 0.830. The van der Waals surface area contributed by atoms with Crippen molar-refractivity contribution in [3.8, 4) is 0 Å². The topological polar surface area (TPSA) is 36.4 Å². The molecule has 1 saturated heterocycles. The maximum Gasteiger partial charge on any atom is 0.0703 e. The van der Waals surface area contributed by atoms with Crippen LogP contribution in [-0.2, 0) is 6.61 Å². The summed E-state index contributed by atoms with van der Waals surface area (Å²) in [4.78, 5) is 6.54. The zero-order chi connectivity index (χ0) is 11.5. The fourth-order valence-electron chi connectivity index (χ4n) is 2.57. The van der Waals surface area contributed by atoms with Crippen molar-refractivity contribution in [1.82, 2.24) is 4.98 Å². The van der Waals surface area contributed by atoms with Gasteiger partial charge < -0.3 is 10.0 Å². The monoisotopic (exact) mass is 220 g/mol. The van der Waals surface area contributed by atoms with Gasteiger partial charge in [-0.1, -0.05) is 6.92 Å². The van der Waals surface area contributed by atoms with Gasteiger partial charge in [0.15, 0.2) is 0 Å². The number of hydrogen-bond donors (Lipinski definition) is 1. The highest BCUT2D eigenvalue weighted by Crippen LogP contribution is 2.29. The van der Waals surface area contributed by atoms with Gasteiger partial charge in [0.05, 0.1) is 18.5 Å². The van der Waals surface area contributed by atoms with Crippen LogP contribution in [0.1, 0.15) is 32.3 Å². The fraction of sp³-hybridized carbons (Fsp3) is 0.615. The number of hydrogen-bond acceptors (Lipinski definition) is 3. The number of anilines is 1. The van der Waals surface area contributed by atoms with E-state index in [9.17, 15) is 5.11 Å². The van der Waals surface area contributed by atoms with Gasteiger partial charge in [0, 0.05) is 24.3 Å². The van der Waals surface area contributed by atoms with Gasteiger partial charge in [0.1, 0.15) is 0 Å². The molecule has 2 unspecified atom stereocenters. The second-order valence-corrected chi connectivity index (χ2v) is 4.83. The summed E-state index contributed by atoms with van der Waals surface area (Å²) in [5.74, 6) is 0.806. The Morgan fingerprint density at radius 3 is 3.00 bits per heavy atom. The Bertz CT molecular complexity index is 354. The van der Waals surface area contributed by atoms with Crippen LogP contribution in [0.15, 0.2) is 18.5 Å². The van der Waals surface area contributed by atoms with E-state index in [0.717, 1.165) is 23.7 Å². The molecule has 0 bridgehead atoms. The Hall–Kier alpha value is -1.09. The molecule has 88 valence electrons. The Balaban J connectivity index is 2.23. The van der Waals surface area contributed by atoms with E-state index in [0.29, 0.717) is 6.04 Å². The summed E-state index contributed by atoms with van der Waals surface area (Å²) < 4.78 is 0. The second-order valence-electron chi connectivity index (χ2n) is 4.83. The van der Waals surface area contributed by atoms with Crippen molar-refractivity contribution in [3.63, 3.8) is 0 Å². The average molecular weight is 220 g/mol. The first-order chi connectivity index (χ1) is 7.72. The van der Waals surface area contributed by atoms with Gasteiger partial charge in [-0.15, -0.1) is 0 Å². The average Bonchev–Trinajstić information content (AvgIpc) is 2.29. The van der Waals surface area contributed by atoms with Gasteiger partial charge in [-0.3, -0.25) is 4.98 Å². The number of pyridine rings is 1. The molecule has 1 aliphatic heterocycles. The van der Waals surface area contributed by atoms with Gasteiger partial charge in [0.25, 0.3) is 0 Å². The summed E-state index contributed by atoms with van der Waals surface area (Å²) in [6, 6.07) is 2.44. The molecule has 0 aromatic carbocycles. The minimum absolute atomic E-state index is 0.0939. The van der Waals surface area contributed by atoms with Crippen LogP contribution in [0.2, 0.25) is 0 Å². The van der Waals surface area contributed by atoms with Crippen molar-refractivity contribution in [2.45, 2.75) is 39.3 Å². The molecule has 2 heterocycles. The van der Waals surface area contributed by atoms with Crippen molar-refractivity contribution in [2.24, 2.45) is 5.92 Å². The molecule has 0 spiro atoms. The Kier molecular flexibility index (Phi) is 3.44. The third kappa shape index (κ3) is 2.19. The molecule has 3 heteroatoms. The largest absolute Gasteiger partial charge is 0.392 e. The lowest BCUT2D eigenvalue weighted by Gasteiger charge is -2.38. The first-order valence-corrected chi connectivity index (χ1v) is 6.02. The van der Waals surface area contributed by atoms with E-state index in [1.165, 1.54) is 12.8 Å². The SMILES string of the molecule is CC1CCN(c2cnccc2CO)C(C)C1. The number of aliphatic hydroxyl groups is 1. The molecule has 2 atom stereocenters. The molecular formula is C13H20N2O. The molecular weight excluding hydrogens is 200 g/mol. The minimum Gasteiger partial charge on any atom is -0.392 e. The predicted octanol–water partition coefficient (Wildman–Crippen LogP) is 2.20. The van der Waals surface area contributed by atoms with Crippen molar-refractivity contribution in [3.05, 3.63) is 24.0 Å². The van der Waals surface area contributed by atoms with Gasteiger partial charge in [-0.2, -0.15) is 0 Å². The van der Waals surface area contributed by atoms with E-state index in [4.69, 9.17) is 0 Å². The smallest absolute Gasteiger partial charge is 0.0703 e. The highest BCUT2D eigenvalue weighted by Gasteiger charge is 2.24. The molecule has 0 aliphatic carbocycles. The summed E-state index contributed by atoms with van der Waals surface area (Å²) in [5, 5.41) is 9.33. The summed E-state index contributed by atoms with van der Waals surface area (Å²) in [7, 11) is 0. The summed E-state index contributed by atoms with van der Waals surface area (Å²) >= 11 is 0. The van der Waals surface area contributed by atoms with Crippen LogP contribution in [0.5, 0.6) is 0 Å². The van der Waals surface area contributed by atoms with Gasteiger partial charge in [-0.25, -0.2) is 0 Å². The van der Waals surface area contributed by atoms with Crippen LogP contribution in [0, 0.1) is 5.92 Å².